The zero-order chi connectivity index (χ0) is 14.2. The van der Waals surface area contributed by atoms with Crippen molar-refractivity contribution in [1.82, 2.24) is 30.2 Å². The summed E-state index contributed by atoms with van der Waals surface area (Å²) in [7, 11) is 0. The van der Waals surface area contributed by atoms with Crippen LogP contribution in [0.25, 0.3) is 23.1 Å². The van der Waals surface area contributed by atoms with E-state index in [1.54, 1.807) is 12.1 Å². The van der Waals surface area contributed by atoms with Gasteiger partial charge in [0.2, 0.25) is 11.6 Å². The maximum absolute atomic E-state index is 12.9. The molecule has 4 rings (SSSR count). The molecule has 1 aliphatic heterocycles. The predicted molar refractivity (Wildman–Crippen MR) is 77.7 cm³/mol. The molecule has 1 aromatic carbocycles. The summed E-state index contributed by atoms with van der Waals surface area (Å²) in [5.74, 6) is 1.82. The fourth-order valence-corrected chi connectivity index (χ4v) is 2.28. The van der Waals surface area contributed by atoms with Crippen LogP contribution in [-0.4, -0.2) is 31.4 Å². The lowest BCUT2D eigenvalue weighted by atomic mass is 10.2. The molecule has 7 nitrogen and oxygen atoms in total. The minimum absolute atomic E-state index is 0. The number of hydrogen-bond donors (Lipinski definition) is 1. The molecule has 0 fully saturated rings. The van der Waals surface area contributed by atoms with Crippen LogP contribution in [0.2, 0.25) is 0 Å². The summed E-state index contributed by atoms with van der Waals surface area (Å²) < 4.78 is 20.1. The van der Waals surface area contributed by atoms with Crippen LogP contribution in [-0.2, 0) is 13.1 Å². The lowest BCUT2D eigenvalue weighted by Crippen LogP contribution is -2.28. The van der Waals surface area contributed by atoms with Gasteiger partial charge in [-0.3, -0.25) is 0 Å². The van der Waals surface area contributed by atoms with Gasteiger partial charge in [-0.15, -0.1) is 22.6 Å². The maximum Gasteiger partial charge on any atom is 0.296 e. The van der Waals surface area contributed by atoms with Crippen molar-refractivity contribution in [2.75, 3.05) is 6.54 Å². The van der Waals surface area contributed by atoms with Crippen molar-refractivity contribution in [3.8, 4) is 23.1 Å². The molecule has 0 aliphatic carbocycles. The number of halogens is 2. The molecule has 3 aromatic rings. The molecule has 114 valence electrons. The Labute approximate surface area is 131 Å². The molecule has 0 radical (unpaired) electrons. The van der Waals surface area contributed by atoms with Gasteiger partial charge in [0.1, 0.15) is 11.6 Å². The Balaban J connectivity index is 0.00000144. The van der Waals surface area contributed by atoms with Gasteiger partial charge in [0.25, 0.3) is 5.89 Å². The zero-order valence-electron chi connectivity index (χ0n) is 11.4. The highest BCUT2D eigenvalue weighted by molar-refractivity contribution is 5.85. The van der Waals surface area contributed by atoms with E-state index < -0.39 is 0 Å². The monoisotopic (exact) mass is 322 g/mol. The van der Waals surface area contributed by atoms with Crippen molar-refractivity contribution in [3.05, 3.63) is 35.9 Å². The topological polar surface area (TPSA) is 81.7 Å². The highest BCUT2D eigenvalue weighted by atomic mass is 35.5. The van der Waals surface area contributed by atoms with Crippen LogP contribution in [0, 0.1) is 5.82 Å². The van der Waals surface area contributed by atoms with E-state index in [0.717, 1.165) is 18.9 Å². The van der Waals surface area contributed by atoms with Gasteiger partial charge in [0.15, 0.2) is 0 Å². The highest BCUT2D eigenvalue weighted by Gasteiger charge is 2.21. The number of hydrogen-bond acceptors (Lipinski definition) is 6. The number of nitrogens with one attached hydrogen (secondary N) is 1. The maximum atomic E-state index is 12.9. The number of aromatic nitrogens is 5. The molecule has 0 unspecified atom stereocenters. The molecule has 3 heterocycles. The minimum Gasteiger partial charge on any atom is -0.330 e. The third kappa shape index (κ3) is 2.46. The first-order chi connectivity index (χ1) is 10.3. The van der Waals surface area contributed by atoms with Crippen LogP contribution in [0.3, 0.4) is 0 Å². The van der Waals surface area contributed by atoms with E-state index in [1.807, 2.05) is 4.57 Å². The lowest BCUT2D eigenvalue weighted by molar-refractivity contribution is 0.423. The van der Waals surface area contributed by atoms with Gasteiger partial charge in [-0.25, -0.2) is 4.39 Å². The minimum atomic E-state index is -0.304. The van der Waals surface area contributed by atoms with Gasteiger partial charge in [-0.1, -0.05) is 5.16 Å². The molecule has 22 heavy (non-hydrogen) atoms. The third-order valence-corrected chi connectivity index (χ3v) is 3.34. The quantitative estimate of drug-likeness (QED) is 0.772. The summed E-state index contributed by atoms with van der Waals surface area (Å²) in [6, 6.07) is 5.92. The molecule has 1 N–H and O–H groups in total. The lowest BCUT2D eigenvalue weighted by Gasteiger charge is -2.14. The van der Waals surface area contributed by atoms with Crippen molar-refractivity contribution < 1.29 is 8.91 Å². The van der Waals surface area contributed by atoms with Gasteiger partial charge in [0, 0.05) is 18.7 Å². The Morgan fingerprint density at radius 1 is 1.18 bits per heavy atom. The first-order valence-electron chi connectivity index (χ1n) is 6.54. The van der Waals surface area contributed by atoms with Crippen molar-refractivity contribution in [2.45, 2.75) is 13.1 Å². The van der Waals surface area contributed by atoms with Crippen molar-refractivity contribution >= 4 is 12.4 Å². The molecule has 9 heteroatoms. The molecule has 0 bridgehead atoms. The number of fused-ring (bicyclic) bond motifs is 1. The fourth-order valence-electron chi connectivity index (χ4n) is 2.28. The largest absolute Gasteiger partial charge is 0.330 e. The summed E-state index contributed by atoms with van der Waals surface area (Å²) in [4.78, 5) is 4.32. The summed E-state index contributed by atoms with van der Waals surface area (Å²) in [5.41, 5.74) is 0.687. The predicted octanol–water partition coefficient (Wildman–Crippen LogP) is 1.66. The summed E-state index contributed by atoms with van der Waals surface area (Å²) >= 11 is 0. The van der Waals surface area contributed by atoms with Gasteiger partial charge in [-0.2, -0.15) is 4.98 Å². The normalized spacial score (nSPS) is 13.5. The molecule has 0 amide bonds. The van der Waals surface area contributed by atoms with Crippen LogP contribution in [0.1, 0.15) is 5.82 Å². The zero-order valence-corrected chi connectivity index (χ0v) is 12.2. The van der Waals surface area contributed by atoms with E-state index in [2.05, 4.69) is 25.7 Å². The summed E-state index contributed by atoms with van der Waals surface area (Å²) in [5, 5.41) is 15.3. The van der Waals surface area contributed by atoms with Crippen LogP contribution >= 0.6 is 12.4 Å². The van der Waals surface area contributed by atoms with Crippen LogP contribution < -0.4 is 5.32 Å². The van der Waals surface area contributed by atoms with Crippen LogP contribution in [0.5, 0.6) is 0 Å². The summed E-state index contributed by atoms with van der Waals surface area (Å²) in [6.07, 6.45) is 0. The van der Waals surface area contributed by atoms with Crippen molar-refractivity contribution in [2.24, 2.45) is 0 Å². The van der Waals surface area contributed by atoms with E-state index in [1.165, 1.54) is 12.1 Å². The molecule has 0 spiro atoms. The van der Waals surface area contributed by atoms with Crippen molar-refractivity contribution in [3.63, 3.8) is 0 Å². The van der Waals surface area contributed by atoms with Crippen LogP contribution in [0.15, 0.2) is 28.8 Å². The average Bonchev–Trinajstić information content (AvgIpc) is 3.14. The molecular weight excluding hydrogens is 311 g/mol. The Bertz CT molecular complexity index is 784. The van der Waals surface area contributed by atoms with E-state index >= 15 is 0 Å². The third-order valence-electron chi connectivity index (χ3n) is 3.34. The second-order valence-corrected chi connectivity index (χ2v) is 4.70. The molecular formula is C13H12ClFN6O. The van der Waals surface area contributed by atoms with Crippen LogP contribution in [0.4, 0.5) is 4.39 Å². The van der Waals surface area contributed by atoms with E-state index in [0.29, 0.717) is 29.6 Å². The number of nitrogens with zero attached hydrogens (tertiary/aromatic N) is 5. The van der Waals surface area contributed by atoms with E-state index in [-0.39, 0.29) is 18.2 Å². The fraction of sp³-hybridized carbons (Fsp3) is 0.231. The second kappa shape index (κ2) is 5.82. The number of benzene rings is 1. The Morgan fingerprint density at radius 3 is 2.82 bits per heavy atom. The van der Waals surface area contributed by atoms with E-state index in [4.69, 9.17) is 4.52 Å². The smallest absolute Gasteiger partial charge is 0.296 e. The number of rotatable bonds is 2. The standard InChI is InChI=1S/C13H11FN6O.ClH/c14-9-3-1-8(2-4-9)11-16-13(21-19-11)12-18-17-10-7-15-5-6-20(10)12;/h1-4,15H,5-7H2;1H. The Morgan fingerprint density at radius 2 is 2.00 bits per heavy atom. The Kier molecular flexibility index (Phi) is 3.86. The summed E-state index contributed by atoms with van der Waals surface area (Å²) in [6.45, 7) is 2.27. The SMILES string of the molecule is Cl.Fc1ccc(-c2noc(-c3nnc4n3CCNC4)n2)cc1. The van der Waals surface area contributed by atoms with Gasteiger partial charge < -0.3 is 14.4 Å². The molecule has 2 aromatic heterocycles. The van der Waals surface area contributed by atoms with Gasteiger partial charge in [-0.05, 0) is 24.3 Å². The molecule has 0 saturated heterocycles. The first-order valence-corrected chi connectivity index (χ1v) is 6.54. The van der Waals surface area contributed by atoms with Gasteiger partial charge in [0.05, 0.1) is 6.54 Å². The highest BCUT2D eigenvalue weighted by Crippen LogP contribution is 2.22. The molecule has 1 aliphatic rings. The Hall–Kier alpha value is -2.32. The molecule has 0 saturated carbocycles. The molecule has 0 atom stereocenters. The second-order valence-electron chi connectivity index (χ2n) is 4.70. The van der Waals surface area contributed by atoms with Crippen molar-refractivity contribution in [1.29, 1.82) is 0 Å². The first kappa shape index (κ1) is 14.6. The average molecular weight is 323 g/mol. The van der Waals surface area contributed by atoms with E-state index in [9.17, 15) is 4.39 Å². The van der Waals surface area contributed by atoms with Gasteiger partial charge >= 0.3 is 0 Å².